The monoisotopic (exact) mass is 420 g/mol. The van der Waals surface area contributed by atoms with Crippen LogP contribution in [0.4, 0.5) is 8.78 Å². The molecule has 3 rings (SSSR count). The number of sulfonamides is 1. The van der Waals surface area contributed by atoms with E-state index in [1.807, 2.05) is 6.92 Å². The average Bonchev–Trinajstić information content (AvgIpc) is 2.68. The first kappa shape index (κ1) is 20.7. The number of rotatable bonds is 8. The molecule has 0 unspecified atom stereocenters. The van der Waals surface area contributed by atoms with Crippen LogP contribution >= 0.6 is 0 Å². The molecule has 0 fully saturated rings. The van der Waals surface area contributed by atoms with Gasteiger partial charge < -0.3 is 9.47 Å². The van der Waals surface area contributed by atoms with E-state index in [9.17, 15) is 17.2 Å². The zero-order chi connectivity index (χ0) is 20.9. The number of hydrogen-bond acceptors (Lipinski definition) is 5. The molecule has 1 heterocycles. The van der Waals surface area contributed by atoms with E-state index in [2.05, 4.69) is 9.71 Å². The van der Waals surface area contributed by atoms with Gasteiger partial charge in [0, 0.05) is 24.9 Å². The van der Waals surface area contributed by atoms with E-state index < -0.39 is 26.6 Å². The smallest absolute Gasteiger partial charge is 0.241 e. The number of nitrogens with zero attached hydrogens (tertiary/aromatic N) is 1. The van der Waals surface area contributed by atoms with E-state index in [1.54, 1.807) is 36.4 Å². The van der Waals surface area contributed by atoms with Gasteiger partial charge in [0.25, 0.3) is 0 Å². The van der Waals surface area contributed by atoms with Gasteiger partial charge in [0.15, 0.2) is 0 Å². The molecule has 29 heavy (non-hydrogen) atoms. The third kappa shape index (κ3) is 5.72. The van der Waals surface area contributed by atoms with Gasteiger partial charge in [-0.3, -0.25) is 0 Å². The van der Waals surface area contributed by atoms with Crippen LogP contribution in [0.1, 0.15) is 12.5 Å². The Morgan fingerprint density at radius 3 is 2.28 bits per heavy atom. The first-order chi connectivity index (χ1) is 13.9. The highest BCUT2D eigenvalue weighted by Gasteiger charge is 2.16. The Hall–Kier alpha value is -3.04. The minimum Gasteiger partial charge on any atom is -0.494 e. The summed E-state index contributed by atoms with van der Waals surface area (Å²) in [6, 6.07) is 12.2. The van der Waals surface area contributed by atoms with Crippen LogP contribution in [-0.2, 0) is 16.6 Å². The van der Waals surface area contributed by atoms with Crippen molar-refractivity contribution in [3.63, 3.8) is 0 Å². The van der Waals surface area contributed by atoms with E-state index in [0.717, 1.165) is 12.1 Å². The molecule has 9 heteroatoms. The lowest BCUT2D eigenvalue weighted by molar-refractivity contribution is 0.339. The molecule has 0 spiro atoms. The third-order valence-electron chi connectivity index (χ3n) is 3.77. The molecule has 0 bridgehead atoms. The van der Waals surface area contributed by atoms with Crippen molar-refractivity contribution in [2.45, 2.75) is 18.4 Å². The lowest BCUT2D eigenvalue weighted by atomic mass is 10.3. The number of hydrogen-bond donors (Lipinski definition) is 1. The summed E-state index contributed by atoms with van der Waals surface area (Å²) in [4.78, 5) is 3.60. The molecular formula is C20H18F2N2O4S. The highest BCUT2D eigenvalue weighted by molar-refractivity contribution is 7.89. The molecule has 2 aromatic carbocycles. The largest absolute Gasteiger partial charge is 0.494 e. The van der Waals surface area contributed by atoms with Crippen molar-refractivity contribution in [3.8, 4) is 17.4 Å². The van der Waals surface area contributed by atoms with Gasteiger partial charge >= 0.3 is 0 Å². The van der Waals surface area contributed by atoms with Gasteiger partial charge in [-0.2, -0.15) is 0 Å². The van der Waals surface area contributed by atoms with E-state index in [0.29, 0.717) is 29.7 Å². The number of pyridine rings is 1. The maximum atomic E-state index is 13.3. The average molecular weight is 420 g/mol. The van der Waals surface area contributed by atoms with Crippen LogP contribution in [0.5, 0.6) is 17.4 Å². The van der Waals surface area contributed by atoms with Crippen molar-refractivity contribution >= 4 is 10.0 Å². The molecule has 0 atom stereocenters. The first-order valence-corrected chi connectivity index (χ1v) is 10.2. The molecule has 0 radical (unpaired) electrons. The van der Waals surface area contributed by atoms with Crippen molar-refractivity contribution in [2.75, 3.05) is 6.61 Å². The Morgan fingerprint density at radius 1 is 0.966 bits per heavy atom. The maximum absolute atomic E-state index is 13.3. The van der Waals surface area contributed by atoms with Crippen LogP contribution in [0.3, 0.4) is 0 Å². The molecular weight excluding hydrogens is 402 g/mol. The number of aromatic nitrogens is 1. The maximum Gasteiger partial charge on any atom is 0.241 e. The van der Waals surface area contributed by atoms with Gasteiger partial charge in [-0.15, -0.1) is 0 Å². The van der Waals surface area contributed by atoms with Crippen LogP contribution in [0.25, 0.3) is 0 Å². The minimum atomic E-state index is -4.09. The van der Waals surface area contributed by atoms with E-state index in [4.69, 9.17) is 9.47 Å². The summed E-state index contributed by atoms with van der Waals surface area (Å²) in [5.74, 6) is -0.429. The molecule has 3 aromatic rings. The summed E-state index contributed by atoms with van der Waals surface area (Å²) >= 11 is 0. The van der Waals surface area contributed by atoms with Crippen LogP contribution in [0.15, 0.2) is 65.7 Å². The van der Waals surface area contributed by atoms with Crippen LogP contribution < -0.4 is 14.2 Å². The lowest BCUT2D eigenvalue weighted by Crippen LogP contribution is -2.23. The molecule has 0 saturated heterocycles. The standard InChI is InChI=1S/C20H18F2N2O4S/c1-2-27-17-3-5-18(6-4-17)28-20-9-14(7-8-23-20)13-24-29(25,26)19-11-15(21)10-16(22)12-19/h3-12,24H,2,13H2,1H3. The molecule has 152 valence electrons. The van der Waals surface area contributed by atoms with Crippen LogP contribution in [0.2, 0.25) is 0 Å². The van der Waals surface area contributed by atoms with Crippen LogP contribution in [0, 0.1) is 11.6 Å². The highest BCUT2D eigenvalue weighted by atomic mass is 32.2. The normalized spacial score (nSPS) is 11.3. The predicted octanol–water partition coefficient (Wildman–Crippen LogP) is 4.03. The van der Waals surface area contributed by atoms with E-state index in [1.165, 1.54) is 6.20 Å². The van der Waals surface area contributed by atoms with Crippen molar-refractivity contribution < 1.29 is 26.7 Å². The molecule has 0 saturated carbocycles. The van der Waals surface area contributed by atoms with E-state index >= 15 is 0 Å². The molecule has 1 aromatic heterocycles. The third-order valence-corrected chi connectivity index (χ3v) is 5.15. The van der Waals surface area contributed by atoms with Gasteiger partial charge in [0.1, 0.15) is 23.1 Å². The van der Waals surface area contributed by atoms with Crippen molar-refractivity contribution in [1.29, 1.82) is 0 Å². The number of nitrogens with one attached hydrogen (secondary N) is 1. The lowest BCUT2D eigenvalue weighted by Gasteiger charge is -2.09. The SMILES string of the molecule is CCOc1ccc(Oc2cc(CNS(=O)(=O)c3cc(F)cc(F)c3)ccn2)cc1. The second-order valence-electron chi connectivity index (χ2n) is 5.94. The summed E-state index contributed by atoms with van der Waals surface area (Å²) in [6.45, 7) is 2.34. The van der Waals surface area contributed by atoms with Gasteiger partial charge in [-0.05, 0) is 55.0 Å². The van der Waals surface area contributed by atoms with Crippen molar-refractivity contribution in [2.24, 2.45) is 0 Å². The van der Waals surface area contributed by atoms with E-state index in [-0.39, 0.29) is 12.4 Å². The zero-order valence-corrected chi connectivity index (χ0v) is 16.2. The molecule has 6 nitrogen and oxygen atoms in total. The summed E-state index contributed by atoms with van der Waals surface area (Å²) in [6.07, 6.45) is 1.47. The first-order valence-electron chi connectivity index (χ1n) is 8.67. The molecule has 0 aliphatic heterocycles. The molecule has 0 aliphatic rings. The Morgan fingerprint density at radius 2 is 1.62 bits per heavy atom. The van der Waals surface area contributed by atoms with Crippen molar-refractivity contribution in [1.82, 2.24) is 9.71 Å². The number of halogens is 2. The number of benzene rings is 2. The van der Waals surface area contributed by atoms with Gasteiger partial charge in [-0.25, -0.2) is 26.9 Å². The Bertz CT molecular complexity index is 1070. The molecule has 1 N–H and O–H groups in total. The summed E-state index contributed by atoms with van der Waals surface area (Å²) in [7, 11) is -4.09. The summed E-state index contributed by atoms with van der Waals surface area (Å²) < 4.78 is 64.4. The summed E-state index contributed by atoms with van der Waals surface area (Å²) in [5.41, 5.74) is 0.557. The summed E-state index contributed by atoms with van der Waals surface area (Å²) in [5, 5.41) is 0. The van der Waals surface area contributed by atoms with Crippen molar-refractivity contribution in [3.05, 3.63) is 78.0 Å². The minimum absolute atomic E-state index is 0.109. The fourth-order valence-corrected chi connectivity index (χ4v) is 3.51. The highest BCUT2D eigenvalue weighted by Crippen LogP contribution is 2.23. The predicted molar refractivity (Wildman–Crippen MR) is 102 cm³/mol. The van der Waals surface area contributed by atoms with Gasteiger partial charge in [-0.1, -0.05) is 0 Å². The van der Waals surface area contributed by atoms with Gasteiger partial charge in [0.2, 0.25) is 15.9 Å². The zero-order valence-electron chi connectivity index (χ0n) is 15.4. The second kappa shape index (κ2) is 8.97. The topological polar surface area (TPSA) is 77.5 Å². The number of ether oxygens (including phenoxy) is 2. The Balaban J connectivity index is 1.68. The molecule has 0 amide bonds. The Labute approximate surface area is 167 Å². The second-order valence-corrected chi connectivity index (χ2v) is 7.71. The van der Waals surface area contributed by atoms with Crippen LogP contribution in [-0.4, -0.2) is 20.0 Å². The fourth-order valence-electron chi connectivity index (χ4n) is 2.45. The Kier molecular flexibility index (Phi) is 6.40. The molecule has 0 aliphatic carbocycles. The fraction of sp³-hybridized carbons (Fsp3) is 0.150. The van der Waals surface area contributed by atoms with Gasteiger partial charge in [0.05, 0.1) is 11.5 Å². The quantitative estimate of drug-likeness (QED) is 0.595.